The minimum Gasteiger partial charge on any atom is -0.334 e. The van der Waals surface area contributed by atoms with Crippen LogP contribution >= 0.6 is 0 Å². The largest absolute Gasteiger partial charge is 0.334 e. The highest BCUT2D eigenvalue weighted by atomic mass is 16.2. The van der Waals surface area contributed by atoms with Crippen molar-refractivity contribution >= 4 is 6.03 Å². The van der Waals surface area contributed by atoms with Crippen LogP contribution in [-0.4, -0.2) is 58.8 Å². The molecule has 6 heteroatoms. The molecular weight excluding hydrogens is 314 g/mol. The lowest BCUT2D eigenvalue weighted by molar-refractivity contribution is 0.107. The van der Waals surface area contributed by atoms with Crippen LogP contribution in [-0.2, 0) is 6.54 Å². The molecule has 0 aliphatic carbocycles. The summed E-state index contributed by atoms with van der Waals surface area (Å²) in [4.78, 5) is 16.7. The third-order valence-electron chi connectivity index (χ3n) is 4.98. The average Bonchev–Trinajstić information content (AvgIpc) is 3.09. The molecule has 1 aliphatic rings. The Labute approximate surface area is 149 Å². The van der Waals surface area contributed by atoms with Gasteiger partial charge in [-0.05, 0) is 38.1 Å². The predicted octanol–water partition coefficient (Wildman–Crippen LogP) is 2.35. The van der Waals surface area contributed by atoms with Gasteiger partial charge in [0.25, 0.3) is 0 Å². The number of nitrogens with zero attached hydrogens (tertiary/aromatic N) is 4. The van der Waals surface area contributed by atoms with Gasteiger partial charge in [-0.2, -0.15) is 5.10 Å². The zero-order valence-electron chi connectivity index (χ0n) is 15.2. The molecule has 0 saturated carbocycles. The van der Waals surface area contributed by atoms with Gasteiger partial charge in [-0.3, -0.25) is 0 Å². The van der Waals surface area contributed by atoms with Crippen LogP contribution in [0, 0.1) is 5.92 Å². The summed E-state index contributed by atoms with van der Waals surface area (Å²) >= 11 is 0. The number of carbonyl (C=O) groups excluding carboxylic acids is 1. The van der Waals surface area contributed by atoms with E-state index in [1.807, 2.05) is 53.2 Å². The summed E-state index contributed by atoms with van der Waals surface area (Å²) in [5.74, 6) is 0.482. The van der Waals surface area contributed by atoms with Crippen molar-refractivity contribution in [2.24, 2.45) is 5.92 Å². The molecule has 1 aromatic heterocycles. The summed E-state index contributed by atoms with van der Waals surface area (Å²) in [5.41, 5.74) is 2.00. The third-order valence-corrected chi connectivity index (χ3v) is 4.98. The molecule has 1 saturated heterocycles. The molecule has 2 aromatic rings. The Bertz CT molecular complexity index is 699. The van der Waals surface area contributed by atoms with E-state index in [2.05, 4.69) is 29.3 Å². The predicted molar refractivity (Wildman–Crippen MR) is 98.6 cm³/mol. The first-order valence-electron chi connectivity index (χ1n) is 8.83. The van der Waals surface area contributed by atoms with Crippen LogP contribution in [0.15, 0.2) is 42.7 Å². The van der Waals surface area contributed by atoms with Crippen LogP contribution in [0.4, 0.5) is 4.79 Å². The molecule has 1 aliphatic heterocycles. The maximum atomic E-state index is 12.5. The molecule has 134 valence electrons. The van der Waals surface area contributed by atoms with E-state index in [0.29, 0.717) is 18.5 Å². The van der Waals surface area contributed by atoms with Crippen molar-refractivity contribution in [2.45, 2.75) is 25.9 Å². The smallest absolute Gasteiger partial charge is 0.317 e. The molecule has 1 aromatic carbocycles. The lowest BCUT2D eigenvalue weighted by atomic mass is 9.93. The SMILES string of the molecule is CC1CN(C)CCC1N(C)C(=O)NCc1cnn(-c2ccccc2)c1. The van der Waals surface area contributed by atoms with Crippen LogP contribution < -0.4 is 5.32 Å². The van der Waals surface area contributed by atoms with Crippen molar-refractivity contribution in [3.8, 4) is 5.69 Å². The Morgan fingerprint density at radius 1 is 1.36 bits per heavy atom. The zero-order valence-corrected chi connectivity index (χ0v) is 15.2. The van der Waals surface area contributed by atoms with Gasteiger partial charge in [-0.15, -0.1) is 0 Å². The van der Waals surface area contributed by atoms with E-state index in [-0.39, 0.29) is 6.03 Å². The summed E-state index contributed by atoms with van der Waals surface area (Å²) < 4.78 is 1.82. The number of aromatic nitrogens is 2. The van der Waals surface area contributed by atoms with Crippen LogP contribution in [0.25, 0.3) is 5.69 Å². The van der Waals surface area contributed by atoms with Gasteiger partial charge in [0.2, 0.25) is 0 Å². The van der Waals surface area contributed by atoms with Crippen molar-refractivity contribution in [2.75, 3.05) is 27.2 Å². The fourth-order valence-electron chi connectivity index (χ4n) is 3.54. The van der Waals surface area contributed by atoms with Gasteiger partial charge in [0.1, 0.15) is 0 Å². The fourth-order valence-corrected chi connectivity index (χ4v) is 3.54. The highest BCUT2D eigenvalue weighted by Gasteiger charge is 2.29. The van der Waals surface area contributed by atoms with E-state index in [4.69, 9.17) is 0 Å². The first-order chi connectivity index (χ1) is 12.0. The van der Waals surface area contributed by atoms with Crippen LogP contribution in [0.5, 0.6) is 0 Å². The first kappa shape index (κ1) is 17.5. The van der Waals surface area contributed by atoms with E-state index >= 15 is 0 Å². The van der Waals surface area contributed by atoms with E-state index in [9.17, 15) is 4.79 Å². The Hall–Kier alpha value is -2.34. The number of hydrogen-bond acceptors (Lipinski definition) is 3. The summed E-state index contributed by atoms with van der Waals surface area (Å²) in [6.07, 6.45) is 4.77. The number of carbonyl (C=O) groups is 1. The van der Waals surface area contributed by atoms with E-state index in [1.165, 1.54) is 0 Å². The quantitative estimate of drug-likeness (QED) is 0.929. The molecule has 2 unspecified atom stereocenters. The molecule has 2 heterocycles. The monoisotopic (exact) mass is 341 g/mol. The number of urea groups is 1. The maximum absolute atomic E-state index is 12.5. The third kappa shape index (κ3) is 4.20. The standard InChI is InChI=1S/C19H27N5O/c1-15-13-22(2)10-9-18(15)23(3)19(25)20-11-16-12-21-24(14-16)17-7-5-4-6-8-17/h4-8,12,14-15,18H,9-11,13H2,1-3H3,(H,20,25). The minimum atomic E-state index is -0.0196. The highest BCUT2D eigenvalue weighted by Crippen LogP contribution is 2.20. The molecule has 2 amide bonds. The second-order valence-corrected chi connectivity index (χ2v) is 6.99. The lowest BCUT2D eigenvalue weighted by Crippen LogP contribution is -2.52. The fraction of sp³-hybridized carbons (Fsp3) is 0.474. The molecule has 3 rings (SSSR count). The van der Waals surface area contributed by atoms with Gasteiger partial charge >= 0.3 is 6.03 Å². The Kier molecular flexibility index (Phi) is 5.38. The normalized spacial score (nSPS) is 21.1. The number of benzene rings is 1. The summed E-state index contributed by atoms with van der Waals surface area (Å²) in [6.45, 7) is 4.77. The van der Waals surface area contributed by atoms with Gasteiger partial charge in [0.15, 0.2) is 0 Å². The Morgan fingerprint density at radius 3 is 2.84 bits per heavy atom. The van der Waals surface area contributed by atoms with Crippen molar-refractivity contribution in [3.05, 3.63) is 48.3 Å². The second kappa shape index (κ2) is 7.70. The maximum Gasteiger partial charge on any atom is 0.317 e. The van der Waals surface area contributed by atoms with Crippen molar-refractivity contribution in [1.82, 2.24) is 24.9 Å². The molecule has 0 radical (unpaired) electrons. The highest BCUT2D eigenvalue weighted by molar-refractivity contribution is 5.74. The number of para-hydroxylation sites is 1. The molecule has 6 nitrogen and oxygen atoms in total. The van der Waals surface area contributed by atoms with Gasteiger partial charge in [0, 0.05) is 37.9 Å². The Morgan fingerprint density at radius 2 is 2.12 bits per heavy atom. The molecular formula is C19H27N5O. The second-order valence-electron chi connectivity index (χ2n) is 6.99. The van der Waals surface area contributed by atoms with E-state index in [0.717, 1.165) is 30.8 Å². The molecule has 2 atom stereocenters. The van der Waals surface area contributed by atoms with Crippen molar-refractivity contribution in [3.63, 3.8) is 0 Å². The number of likely N-dealkylation sites (tertiary alicyclic amines) is 1. The Balaban J connectivity index is 1.55. The van der Waals surface area contributed by atoms with Gasteiger partial charge in [0.05, 0.1) is 11.9 Å². The number of hydrogen-bond donors (Lipinski definition) is 1. The average molecular weight is 341 g/mol. The van der Waals surface area contributed by atoms with Gasteiger partial charge in [-0.1, -0.05) is 25.1 Å². The van der Waals surface area contributed by atoms with Crippen molar-refractivity contribution in [1.29, 1.82) is 0 Å². The van der Waals surface area contributed by atoms with E-state index < -0.39 is 0 Å². The van der Waals surface area contributed by atoms with Gasteiger partial charge in [-0.25, -0.2) is 9.48 Å². The molecule has 25 heavy (non-hydrogen) atoms. The van der Waals surface area contributed by atoms with Crippen LogP contribution in [0.3, 0.4) is 0 Å². The number of piperidine rings is 1. The lowest BCUT2D eigenvalue weighted by Gasteiger charge is -2.39. The molecule has 1 fully saturated rings. The summed E-state index contributed by atoms with van der Waals surface area (Å²) in [5, 5.41) is 7.38. The van der Waals surface area contributed by atoms with E-state index in [1.54, 1.807) is 6.20 Å². The van der Waals surface area contributed by atoms with Crippen LogP contribution in [0.1, 0.15) is 18.9 Å². The minimum absolute atomic E-state index is 0.0196. The topological polar surface area (TPSA) is 53.4 Å². The number of amides is 2. The summed E-state index contributed by atoms with van der Waals surface area (Å²) in [6, 6.07) is 10.2. The first-order valence-corrected chi connectivity index (χ1v) is 8.83. The molecule has 0 spiro atoms. The molecule has 1 N–H and O–H groups in total. The van der Waals surface area contributed by atoms with Gasteiger partial charge < -0.3 is 15.1 Å². The zero-order chi connectivity index (χ0) is 17.8. The van der Waals surface area contributed by atoms with Crippen LogP contribution in [0.2, 0.25) is 0 Å². The number of nitrogens with one attached hydrogen (secondary N) is 1. The molecule has 0 bridgehead atoms. The summed E-state index contributed by atoms with van der Waals surface area (Å²) in [7, 11) is 4.03. The number of rotatable bonds is 4. The van der Waals surface area contributed by atoms with Crippen molar-refractivity contribution < 1.29 is 4.79 Å².